The first-order valence-electron chi connectivity index (χ1n) is 8.80. The molecule has 0 saturated carbocycles. The Bertz CT molecular complexity index is 927. The average molecular weight is 434 g/mol. The van der Waals surface area contributed by atoms with Crippen molar-refractivity contribution >= 4 is 35.4 Å². The fourth-order valence-corrected chi connectivity index (χ4v) is 2.69. The highest BCUT2D eigenvalue weighted by Crippen LogP contribution is 2.17. The van der Waals surface area contributed by atoms with Gasteiger partial charge in [0.1, 0.15) is 11.8 Å². The normalized spacial score (nSPS) is 11.2. The van der Waals surface area contributed by atoms with Crippen LogP contribution in [0.25, 0.3) is 0 Å². The van der Waals surface area contributed by atoms with E-state index in [0.29, 0.717) is 16.9 Å². The number of hydrogen-bond acceptors (Lipinski definition) is 7. The fourth-order valence-electron chi connectivity index (χ4n) is 2.52. The van der Waals surface area contributed by atoms with Crippen molar-refractivity contribution in [2.45, 2.75) is 18.3 Å². The first-order valence-corrected chi connectivity index (χ1v) is 9.34. The second-order valence-electron chi connectivity index (χ2n) is 6.11. The standard InChI is InChI=1S/C21H20ClNO7/c1-28-20(26)17(23-18(24)21(27)29-2)11-13-6-8-16(9-7-13)30-19(25)15-5-3-4-14(10-15)12-22/h3-10,17H,11-12H2,1-2H3,(H,23,24)/t17-/m1/s1. The van der Waals surface area contributed by atoms with Crippen LogP contribution >= 0.6 is 11.6 Å². The molecule has 0 heterocycles. The lowest BCUT2D eigenvalue weighted by molar-refractivity contribution is -0.154. The molecule has 2 rings (SSSR count). The monoisotopic (exact) mass is 433 g/mol. The van der Waals surface area contributed by atoms with Gasteiger partial charge in [0.15, 0.2) is 0 Å². The van der Waals surface area contributed by atoms with Gasteiger partial charge >= 0.3 is 23.8 Å². The largest absolute Gasteiger partial charge is 0.467 e. The highest BCUT2D eigenvalue weighted by atomic mass is 35.5. The number of nitrogens with one attached hydrogen (secondary N) is 1. The van der Waals surface area contributed by atoms with Crippen molar-refractivity contribution in [1.82, 2.24) is 5.32 Å². The molecule has 0 radical (unpaired) electrons. The maximum atomic E-state index is 12.3. The van der Waals surface area contributed by atoms with E-state index < -0.39 is 29.9 Å². The molecule has 8 nitrogen and oxygen atoms in total. The minimum absolute atomic E-state index is 0.0569. The minimum Gasteiger partial charge on any atom is -0.467 e. The number of rotatable bonds is 7. The van der Waals surface area contributed by atoms with Crippen LogP contribution in [0.1, 0.15) is 21.5 Å². The van der Waals surface area contributed by atoms with Crippen LogP contribution < -0.4 is 10.1 Å². The number of benzene rings is 2. The zero-order valence-corrected chi connectivity index (χ0v) is 17.1. The molecule has 2 aromatic carbocycles. The minimum atomic E-state index is -1.12. The molecule has 1 amide bonds. The van der Waals surface area contributed by atoms with Crippen molar-refractivity contribution in [1.29, 1.82) is 0 Å². The number of amides is 1. The van der Waals surface area contributed by atoms with Crippen molar-refractivity contribution < 1.29 is 33.4 Å². The molecular weight excluding hydrogens is 414 g/mol. The van der Waals surface area contributed by atoms with Crippen LogP contribution in [0.4, 0.5) is 0 Å². The highest BCUT2D eigenvalue weighted by molar-refractivity contribution is 6.32. The molecule has 158 valence electrons. The molecular formula is C21H20ClNO7. The Balaban J connectivity index is 2.05. The third-order valence-corrected chi connectivity index (χ3v) is 4.36. The molecule has 9 heteroatoms. The van der Waals surface area contributed by atoms with Crippen LogP contribution in [0.2, 0.25) is 0 Å². The SMILES string of the molecule is COC(=O)C(=O)N[C@H](Cc1ccc(OC(=O)c2cccc(CCl)c2)cc1)C(=O)OC. The van der Waals surface area contributed by atoms with Gasteiger partial charge < -0.3 is 19.5 Å². The van der Waals surface area contributed by atoms with Crippen LogP contribution in [-0.4, -0.2) is 44.1 Å². The van der Waals surface area contributed by atoms with Gasteiger partial charge in [-0.15, -0.1) is 11.6 Å². The van der Waals surface area contributed by atoms with Gasteiger partial charge in [-0.1, -0.05) is 24.3 Å². The number of hydrogen-bond donors (Lipinski definition) is 1. The summed E-state index contributed by atoms with van der Waals surface area (Å²) in [5.74, 6) is -2.85. The Morgan fingerprint density at radius 2 is 1.67 bits per heavy atom. The maximum absolute atomic E-state index is 12.3. The van der Waals surface area contributed by atoms with Crippen molar-refractivity contribution in [3.8, 4) is 5.75 Å². The summed E-state index contributed by atoms with van der Waals surface area (Å²) in [5.41, 5.74) is 1.80. The predicted octanol–water partition coefficient (Wildman–Crippen LogP) is 2.02. The van der Waals surface area contributed by atoms with Crippen LogP contribution in [0.5, 0.6) is 5.75 Å². The van der Waals surface area contributed by atoms with Crippen LogP contribution in [-0.2, 0) is 36.2 Å². The topological polar surface area (TPSA) is 108 Å². The Labute approximate surface area is 178 Å². The Morgan fingerprint density at radius 1 is 0.967 bits per heavy atom. The third-order valence-electron chi connectivity index (χ3n) is 4.05. The molecule has 0 aliphatic rings. The Morgan fingerprint density at radius 3 is 2.27 bits per heavy atom. The predicted molar refractivity (Wildman–Crippen MR) is 107 cm³/mol. The van der Waals surface area contributed by atoms with Crippen molar-refractivity contribution in [2.24, 2.45) is 0 Å². The van der Waals surface area contributed by atoms with E-state index in [1.165, 1.54) is 7.11 Å². The van der Waals surface area contributed by atoms with Crippen LogP contribution in [0.15, 0.2) is 48.5 Å². The summed E-state index contributed by atoms with van der Waals surface area (Å²) < 4.78 is 14.3. The molecule has 0 spiro atoms. The van der Waals surface area contributed by atoms with E-state index in [9.17, 15) is 19.2 Å². The average Bonchev–Trinajstić information content (AvgIpc) is 2.78. The lowest BCUT2D eigenvalue weighted by Gasteiger charge is -2.16. The van der Waals surface area contributed by atoms with Crippen molar-refractivity contribution in [2.75, 3.05) is 14.2 Å². The summed E-state index contributed by atoms with van der Waals surface area (Å²) in [4.78, 5) is 47.2. The molecule has 0 fully saturated rings. The van der Waals surface area contributed by atoms with E-state index in [1.807, 2.05) is 0 Å². The van der Waals surface area contributed by atoms with Gasteiger partial charge in [-0.3, -0.25) is 4.79 Å². The lowest BCUT2D eigenvalue weighted by Crippen LogP contribution is -2.46. The van der Waals surface area contributed by atoms with E-state index >= 15 is 0 Å². The van der Waals surface area contributed by atoms with E-state index in [1.54, 1.807) is 48.5 Å². The van der Waals surface area contributed by atoms with E-state index in [2.05, 4.69) is 14.8 Å². The number of carbonyl (C=O) groups excluding carboxylic acids is 4. The smallest absolute Gasteiger partial charge is 0.396 e. The number of ether oxygens (including phenoxy) is 3. The molecule has 0 aliphatic heterocycles. The Kier molecular flexibility index (Phi) is 8.37. The number of alkyl halides is 1. The summed E-state index contributed by atoms with van der Waals surface area (Å²) in [6.45, 7) is 0. The van der Waals surface area contributed by atoms with Crippen molar-refractivity contribution in [3.63, 3.8) is 0 Å². The number of methoxy groups -OCH3 is 2. The fraction of sp³-hybridized carbons (Fsp3) is 0.238. The third kappa shape index (κ3) is 6.31. The second kappa shape index (κ2) is 11.0. The quantitative estimate of drug-likeness (QED) is 0.308. The van der Waals surface area contributed by atoms with Crippen molar-refractivity contribution in [3.05, 3.63) is 65.2 Å². The van der Waals surface area contributed by atoms with Gasteiger partial charge in [-0.25, -0.2) is 14.4 Å². The Hall–Kier alpha value is -3.39. The first-order chi connectivity index (χ1) is 14.4. The highest BCUT2D eigenvalue weighted by Gasteiger charge is 2.25. The summed E-state index contributed by atoms with van der Waals surface area (Å²) in [5, 5.41) is 2.26. The molecule has 0 unspecified atom stereocenters. The molecule has 30 heavy (non-hydrogen) atoms. The summed E-state index contributed by atoms with van der Waals surface area (Å²) in [7, 11) is 2.22. The maximum Gasteiger partial charge on any atom is 0.396 e. The molecule has 0 bridgehead atoms. The second-order valence-corrected chi connectivity index (χ2v) is 6.38. The van der Waals surface area contributed by atoms with Gasteiger partial charge in [0.2, 0.25) is 0 Å². The van der Waals surface area contributed by atoms with E-state index in [-0.39, 0.29) is 12.3 Å². The van der Waals surface area contributed by atoms with Gasteiger partial charge in [0.25, 0.3) is 0 Å². The van der Waals surface area contributed by atoms with Gasteiger partial charge in [-0.2, -0.15) is 0 Å². The molecule has 1 atom stereocenters. The number of halogens is 1. The van der Waals surface area contributed by atoms with Gasteiger partial charge in [0.05, 0.1) is 19.8 Å². The van der Waals surface area contributed by atoms with Crippen LogP contribution in [0.3, 0.4) is 0 Å². The zero-order chi connectivity index (χ0) is 22.1. The van der Waals surface area contributed by atoms with Gasteiger partial charge in [-0.05, 0) is 35.4 Å². The first kappa shape index (κ1) is 22.9. The molecule has 1 N–H and O–H groups in total. The van der Waals surface area contributed by atoms with E-state index in [0.717, 1.165) is 12.7 Å². The zero-order valence-electron chi connectivity index (χ0n) is 16.3. The van der Waals surface area contributed by atoms with Crippen LogP contribution in [0, 0.1) is 0 Å². The summed E-state index contributed by atoms with van der Waals surface area (Å²) in [6, 6.07) is 12.0. The molecule has 0 saturated heterocycles. The summed E-state index contributed by atoms with van der Waals surface area (Å²) in [6.07, 6.45) is 0.0569. The molecule has 0 aliphatic carbocycles. The molecule has 0 aromatic heterocycles. The molecule has 2 aromatic rings. The lowest BCUT2D eigenvalue weighted by atomic mass is 10.1. The number of carbonyl (C=O) groups is 4. The number of esters is 3. The van der Waals surface area contributed by atoms with E-state index in [4.69, 9.17) is 16.3 Å². The summed E-state index contributed by atoms with van der Waals surface area (Å²) >= 11 is 5.78. The van der Waals surface area contributed by atoms with Gasteiger partial charge in [0, 0.05) is 12.3 Å².